The average molecular weight is 424 g/mol. The van der Waals surface area contributed by atoms with Gasteiger partial charge >= 0.3 is 6.03 Å². The van der Waals surface area contributed by atoms with Crippen LogP contribution in [0.15, 0.2) is 53.0 Å². The van der Waals surface area contributed by atoms with Crippen molar-refractivity contribution in [2.75, 3.05) is 13.2 Å². The number of ether oxygens (including phenoxy) is 1. The number of benzene rings is 2. The van der Waals surface area contributed by atoms with Gasteiger partial charge in [0.15, 0.2) is 0 Å². The molecule has 0 aromatic heterocycles. The summed E-state index contributed by atoms with van der Waals surface area (Å²) in [5.74, 6) is 0.318. The fraction of sp³-hybridized carbons (Fsp3) is 0.222. The molecule has 1 heterocycles. The van der Waals surface area contributed by atoms with Gasteiger partial charge in [-0.15, -0.1) is 0 Å². The minimum Gasteiger partial charge on any atom is -0.492 e. The molecule has 0 unspecified atom stereocenters. The Labute approximate surface area is 159 Å². The monoisotopic (exact) mass is 422 g/mol. The lowest BCUT2D eigenvalue weighted by atomic mass is 9.92. The Morgan fingerprint density at radius 2 is 1.96 bits per heavy atom. The maximum atomic E-state index is 12.8. The average Bonchev–Trinajstić information content (AvgIpc) is 2.79. The van der Waals surface area contributed by atoms with Crippen LogP contribution in [-0.4, -0.2) is 30.0 Å². The third-order valence-electron chi connectivity index (χ3n) is 4.07. The number of halogens is 2. The van der Waals surface area contributed by atoms with Crippen molar-refractivity contribution in [1.29, 1.82) is 0 Å². The fourth-order valence-electron chi connectivity index (χ4n) is 2.76. The molecule has 25 heavy (non-hydrogen) atoms. The molecule has 2 aromatic carbocycles. The molecule has 0 bridgehead atoms. The lowest BCUT2D eigenvalue weighted by molar-refractivity contribution is -0.131. The highest BCUT2D eigenvalue weighted by atomic mass is 79.9. The molecule has 5 nitrogen and oxygen atoms in total. The molecule has 1 aliphatic rings. The van der Waals surface area contributed by atoms with E-state index in [0.717, 1.165) is 9.37 Å². The molecule has 1 fully saturated rings. The van der Waals surface area contributed by atoms with Crippen molar-refractivity contribution in [2.45, 2.75) is 12.5 Å². The lowest BCUT2D eigenvalue weighted by Gasteiger charge is -2.23. The highest BCUT2D eigenvalue weighted by molar-refractivity contribution is 9.10. The molecule has 0 radical (unpaired) electrons. The van der Waals surface area contributed by atoms with Crippen LogP contribution in [0, 0.1) is 0 Å². The first-order valence-electron chi connectivity index (χ1n) is 7.69. The smallest absolute Gasteiger partial charge is 0.325 e. The van der Waals surface area contributed by atoms with Crippen LogP contribution < -0.4 is 10.1 Å². The second-order valence-electron chi connectivity index (χ2n) is 5.80. The van der Waals surface area contributed by atoms with E-state index < -0.39 is 11.6 Å². The Morgan fingerprint density at radius 1 is 1.20 bits per heavy atom. The van der Waals surface area contributed by atoms with Gasteiger partial charge in [-0.25, -0.2) is 4.79 Å². The zero-order valence-electron chi connectivity index (χ0n) is 13.5. The normalized spacial score (nSPS) is 19.9. The highest BCUT2D eigenvalue weighted by Crippen LogP contribution is 2.33. The van der Waals surface area contributed by atoms with E-state index in [1.54, 1.807) is 31.2 Å². The third kappa shape index (κ3) is 3.50. The summed E-state index contributed by atoms with van der Waals surface area (Å²) in [6.45, 7) is 2.01. The van der Waals surface area contributed by atoms with Gasteiger partial charge in [-0.05, 0) is 31.2 Å². The van der Waals surface area contributed by atoms with Crippen LogP contribution in [0.2, 0.25) is 5.02 Å². The number of carbonyl (C=O) groups is 2. The van der Waals surface area contributed by atoms with E-state index in [1.807, 2.05) is 24.3 Å². The predicted molar refractivity (Wildman–Crippen MR) is 98.7 cm³/mol. The summed E-state index contributed by atoms with van der Waals surface area (Å²) in [5, 5.41) is 3.17. The number of amides is 3. The van der Waals surface area contributed by atoms with E-state index >= 15 is 0 Å². The molecule has 1 atom stereocenters. The van der Waals surface area contributed by atoms with Gasteiger partial charge in [0.05, 0.1) is 6.54 Å². The van der Waals surface area contributed by atoms with E-state index in [-0.39, 0.29) is 19.1 Å². The van der Waals surface area contributed by atoms with Crippen molar-refractivity contribution in [2.24, 2.45) is 0 Å². The summed E-state index contributed by atoms with van der Waals surface area (Å²) < 4.78 is 6.51. The first-order chi connectivity index (χ1) is 11.9. The minimum absolute atomic E-state index is 0.150. The first-order valence-corrected chi connectivity index (χ1v) is 8.86. The molecule has 3 amide bonds. The molecular weight excluding hydrogens is 408 g/mol. The molecule has 1 aliphatic heterocycles. The molecule has 1 saturated heterocycles. The van der Waals surface area contributed by atoms with Gasteiger partial charge in [-0.3, -0.25) is 9.69 Å². The Morgan fingerprint density at radius 3 is 2.68 bits per heavy atom. The van der Waals surface area contributed by atoms with Crippen molar-refractivity contribution in [3.05, 3.63) is 63.6 Å². The Hall–Kier alpha value is -2.05. The SMILES string of the molecule is C[C@@]1(c2ccccc2Cl)NC(=O)N(CCOc2cccc(Br)c2)C1=O. The van der Waals surface area contributed by atoms with E-state index in [4.69, 9.17) is 16.3 Å². The molecule has 130 valence electrons. The Balaban J connectivity index is 1.70. The molecule has 0 aliphatic carbocycles. The molecule has 7 heteroatoms. The largest absolute Gasteiger partial charge is 0.492 e. The van der Waals surface area contributed by atoms with Gasteiger partial charge in [-0.2, -0.15) is 0 Å². The van der Waals surface area contributed by atoms with Crippen molar-refractivity contribution < 1.29 is 14.3 Å². The quantitative estimate of drug-likeness (QED) is 0.741. The summed E-state index contributed by atoms with van der Waals surface area (Å²) in [4.78, 5) is 26.2. The Bertz CT molecular complexity index is 829. The van der Waals surface area contributed by atoms with Crippen LogP contribution in [0.1, 0.15) is 12.5 Å². The summed E-state index contributed by atoms with van der Waals surface area (Å²) in [6.07, 6.45) is 0. The standard InChI is InChI=1S/C18H16BrClN2O3/c1-18(14-7-2-3-8-15(14)20)16(23)22(17(24)21-18)9-10-25-13-6-4-5-12(19)11-13/h2-8,11H,9-10H2,1H3,(H,21,24)/t18-/m0/s1. The highest BCUT2D eigenvalue weighted by Gasteiger charge is 2.49. The summed E-state index contributed by atoms with van der Waals surface area (Å²) in [5.41, 5.74) is -0.601. The van der Waals surface area contributed by atoms with Crippen molar-refractivity contribution in [1.82, 2.24) is 10.2 Å². The van der Waals surface area contributed by atoms with Gasteiger partial charge in [0.1, 0.15) is 17.9 Å². The van der Waals surface area contributed by atoms with Crippen LogP contribution in [0.25, 0.3) is 0 Å². The van der Waals surface area contributed by atoms with Crippen molar-refractivity contribution in [3.8, 4) is 5.75 Å². The van der Waals surface area contributed by atoms with Crippen LogP contribution in [0.5, 0.6) is 5.75 Å². The predicted octanol–water partition coefficient (Wildman–Crippen LogP) is 3.95. The van der Waals surface area contributed by atoms with E-state index in [2.05, 4.69) is 21.2 Å². The number of carbonyl (C=O) groups excluding carboxylic acids is 2. The third-order valence-corrected chi connectivity index (χ3v) is 4.89. The lowest BCUT2D eigenvalue weighted by Crippen LogP contribution is -2.41. The second kappa shape index (κ2) is 7.06. The summed E-state index contributed by atoms with van der Waals surface area (Å²) >= 11 is 9.57. The molecule has 1 N–H and O–H groups in total. The number of nitrogens with one attached hydrogen (secondary N) is 1. The van der Waals surface area contributed by atoms with Gasteiger partial charge < -0.3 is 10.1 Å². The van der Waals surface area contributed by atoms with Gasteiger partial charge in [0.25, 0.3) is 5.91 Å². The molecule has 0 saturated carbocycles. The number of rotatable bonds is 5. The van der Waals surface area contributed by atoms with Gasteiger partial charge in [-0.1, -0.05) is 51.8 Å². The number of imide groups is 1. The van der Waals surface area contributed by atoms with Crippen LogP contribution >= 0.6 is 27.5 Å². The number of urea groups is 1. The first kappa shape index (κ1) is 17.8. The molecule has 3 rings (SSSR count). The second-order valence-corrected chi connectivity index (χ2v) is 7.12. The molecule has 2 aromatic rings. The zero-order chi connectivity index (χ0) is 18.0. The zero-order valence-corrected chi connectivity index (χ0v) is 15.8. The van der Waals surface area contributed by atoms with E-state index in [0.29, 0.717) is 16.3 Å². The number of hydrogen-bond acceptors (Lipinski definition) is 3. The van der Waals surface area contributed by atoms with Crippen LogP contribution in [-0.2, 0) is 10.3 Å². The van der Waals surface area contributed by atoms with Crippen LogP contribution in [0.3, 0.4) is 0 Å². The van der Waals surface area contributed by atoms with Crippen LogP contribution in [0.4, 0.5) is 4.79 Å². The minimum atomic E-state index is -1.18. The topological polar surface area (TPSA) is 58.6 Å². The van der Waals surface area contributed by atoms with Crippen molar-refractivity contribution >= 4 is 39.5 Å². The molecule has 0 spiro atoms. The van der Waals surface area contributed by atoms with Gasteiger partial charge in [0, 0.05) is 15.1 Å². The fourth-order valence-corrected chi connectivity index (χ4v) is 3.46. The van der Waals surface area contributed by atoms with E-state index in [9.17, 15) is 9.59 Å². The summed E-state index contributed by atoms with van der Waals surface area (Å²) in [6, 6.07) is 13.9. The number of nitrogens with zero attached hydrogens (tertiary/aromatic N) is 1. The van der Waals surface area contributed by atoms with Gasteiger partial charge in [0.2, 0.25) is 0 Å². The van der Waals surface area contributed by atoms with Crippen molar-refractivity contribution in [3.63, 3.8) is 0 Å². The van der Waals surface area contributed by atoms with E-state index in [1.165, 1.54) is 0 Å². The number of hydrogen-bond donors (Lipinski definition) is 1. The maximum Gasteiger partial charge on any atom is 0.325 e. The Kier molecular flexibility index (Phi) is 5.01. The summed E-state index contributed by atoms with van der Waals surface area (Å²) in [7, 11) is 0. The maximum absolute atomic E-state index is 12.8. The molecular formula is C18H16BrClN2O3.